The second-order valence-corrected chi connectivity index (χ2v) is 4.89. The van der Waals surface area contributed by atoms with Gasteiger partial charge in [0.2, 0.25) is 0 Å². The van der Waals surface area contributed by atoms with Crippen molar-refractivity contribution < 1.29 is 14.3 Å². The molecule has 108 valence electrons. The highest BCUT2D eigenvalue weighted by Crippen LogP contribution is 2.25. The van der Waals surface area contributed by atoms with Gasteiger partial charge in [-0.15, -0.1) is 0 Å². The minimum Gasteiger partial charge on any atom is -0.495 e. The molecule has 1 aliphatic rings. The number of nitrogen functional groups attached to an aromatic ring is 1. The molecule has 1 aliphatic heterocycles. The predicted molar refractivity (Wildman–Crippen MR) is 80.3 cm³/mol. The summed E-state index contributed by atoms with van der Waals surface area (Å²) in [6.07, 6.45) is 0. The molecular weight excluding hydrogens is 268 g/mol. The molecule has 0 saturated heterocycles. The van der Waals surface area contributed by atoms with E-state index < -0.39 is 0 Å². The topological polar surface area (TPSA) is 73.6 Å². The number of ether oxygens (including phenoxy) is 2. The number of fused-ring (bicyclic) bond motifs is 1. The SMILES string of the molecule is COc1ccc(NC(=O)c2ccc3c(c2)COC3)cc1N. The molecule has 0 aliphatic carbocycles. The number of amides is 1. The van der Waals surface area contributed by atoms with Gasteiger partial charge in [-0.3, -0.25) is 4.79 Å². The van der Waals surface area contributed by atoms with E-state index in [0.29, 0.717) is 35.9 Å². The molecule has 0 atom stereocenters. The molecule has 0 spiro atoms. The van der Waals surface area contributed by atoms with E-state index in [9.17, 15) is 4.79 Å². The van der Waals surface area contributed by atoms with E-state index in [-0.39, 0.29) is 5.91 Å². The van der Waals surface area contributed by atoms with Crippen LogP contribution in [0.4, 0.5) is 11.4 Å². The molecule has 21 heavy (non-hydrogen) atoms. The number of anilines is 2. The Morgan fingerprint density at radius 2 is 2.00 bits per heavy atom. The summed E-state index contributed by atoms with van der Waals surface area (Å²) >= 11 is 0. The van der Waals surface area contributed by atoms with Gasteiger partial charge in [-0.05, 0) is 41.5 Å². The fraction of sp³-hybridized carbons (Fsp3) is 0.188. The Labute approximate surface area is 122 Å². The number of carbonyl (C=O) groups is 1. The van der Waals surface area contributed by atoms with E-state index in [1.807, 2.05) is 12.1 Å². The van der Waals surface area contributed by atoms with Gasteiger partial charge in [0.1, 0.15) is 5.75 Å². The van der Waals surface area contributed by atoms with Gasteiger partial charge < -0.3 is 20.5 Å². The van der Waals surface area contributed by atoms with Crippen molar-refractivity contribution in [1.29, 1.82) is 0 Å². The van der Waals surface area contributed by atoms with Gasteiger partial charge in [-0.2, -0.15) is 0 Å². The number of nitrogens with one attached hydrogen (secondary N) is 1. The number of methoxy groups -OCH3 is 1. The first-order chi connectivity index (χ1) is 10.2. The highest BCUT2D eigenvalue weighted by molar-refractivity contribution is 6.04. The Kier molecular flexibility index (Phi) is 3.50. The largest absolute Gasteiger partial charge is 0.495 e. The van der Waals surface area contributed by atoms with E-state index in [2.05, 4.69) is 5.32 Å². The van der Waals surface area contributed by atoms with Crippen LogP contribution in [0.5, 0.6) is 5.75 Å². The Morgan fingerprint density at radius 3 is 2.76 bits per heavy atom. The second kappa shape index (κ2) is 5.46. The van der Waals surface area contributed by atoms with Gasteiger partial charge in [-0.25, -0.2) is 0 Å². The van der Waals surface area contributed by atoms with Gasteiger partial charge >= 0.3 is 0 Å². The lowest BCUT2D eigenvalue weighted by molar-refractivity contribution is 0.102. The molecule has 5 nitrogen and oxygen atoms in total. The zero-order chi connectivity index (χ0) is 14.8. The third-order valence-electron chi connectivity index (χ3n) is 3.47. The van der Waals surface area contributed by atoms with E-state index in [4.69, 9.17) is 15.2 Å². The standard InChI is InChI=1S/C16H16N2O3/c1-20-15-5-4-13(7-14(15)17)18-16(19)10-2-3-11-8-21-9-12(11)6-10/h2-7H,8-9,17H2,1H3,(H,18,19). The van der Waals surface area contributed by atoms with Gasteiger partial charge in [0.25, 0.3) is 5.91 Å². The van der Waals surface area contributed by atoms with Gasteiger partial charge in [0.05, 0.1) is 26.0 Å². The lowest BCUT2D eigenvalue weighted by Gasteiger charge is -2.09. The Morgan fingerprint density at radius 1 is 1.19 bits per heavy atom. The first kappa shape index (κ1) is 13.5. The summed E-state index contributed by atoms with van der Waals surface area (Å²) in [4.78, 5) is 12.3. The van der Waals surface area contributed by atoms with Gasteiger partial charge in [0, 0.05) is 11.3 Å². The average molecular weight is 284 g/mol. The number of rotatable bonds is 3. The van der Waals surface area contributed by atoms with E-state index >= 15 is 0 Å². The maximum absolute atomic E-state index is 12.3. The van der Waals surface area contributed by atoms with E-state index in [0.717, 1.165) is 11.1 Å². The van der Waals surface area contributed by atoms with Crippen LogP contribution >= 0.6 is 0 Å². The summed E-state index contributed by atoms with van der Waals surface area (Å²) in [5.41, 5.74) is 9.76. The summed E-state index contributed by atoms with van der Waals surface area (Å²) in [6.45, 7) is 1.18. The number of benzene rings is 2. The van der Waals surface area contributed by atoms with Gasteiger partial charge in [-0.1, -0.05) is 6.07 Å². The smallest absolute Gasteiger partial charge is 0.255 e. The first-order valence-electron chi connectivity index (χ1n) is 6.62. The third kappa shape index (κ3) is 2.68. The number of hydrogen-bond acceptors (Lipinski definition) is 4. The van der Waals surface area contributed by atoms with Crippen molar-refractivity contribution in [3.63, 3.8) is 0 Å². The summed E-state index contributed by atoms with van der Waals surface area (Å²) in [7, 11) is 1.55. The molecule has 5 heteroatoms. The van der Waals surface area contributed by atoms with Crippen LogP contribution in [0.3, 0.4) is 0 Å². The number of hydrogen-bond donors (Lipinski definition) is 2. The van der Waals surface area contributed by atoms with Crippen LogP contribution in [-0.4, -0.2) is 13.0 Å². The summed E-state index contributed by atoms with van der Waals surface area (Å²) in [5, 5.41) is 2.83. The fourth-order valence-corrected chi connectivity index (χ4v) is 2.33. The molecule has 3 N–H and O–H groups in total. The molecule has 2 aromatic rings. The highest BCUT2D eigenvalue weighted by Gasteiger charge is 2.14. The highest BCUT2D eigenvalue weighted by atomic mass is 16.5. The molecule has 0 radical (unpaired) electrons. The molecule has 1 amide bonds. The monoisotopic (exact) mass is 284 g/mol. The second-order valence-electron chi connectivity index (χ2n) is 4.89. The maximum Gasteiger partial charge on any atom is 0.255 e. The predicted octanol–water partition coefficient (Wildman–Crippen LogP) is 2.56. The lowest BCUT2D eigenvalue weighted by Crippen LogP contribution is -2.12. The van der Waals surface area contributed by atoms with Crippen molar-refractivity contribution >= 4 is 17.3 Å². The fourth-order valence-electron chi connectivity index (χ4n) is 2.33. The average Bonchev–Trinajstić information content (AvgIpc) is 2.94. The maximum atomic E-state index is 12.3. The van der Waals surface area contributed by atoms with Crippen molar-refractivity contribution in [1.82, 2.24) is 0 Å². The molecule has 3 rings (SSSR count). The minimum absolute atomic E-state index is 0.172. The molecule has 0 bridgehead atoms. The number of nitrogens with two attached hydrogens (primary N) is 1. The van der Waals surface area contributed by atoms with Gasteiger partial charge in [0.15, 0.2) is 0 Å². The van der Waals surface area contributed by atoms with Crippen LogP contribution in [0.15, 0.2) is 36.4 Å². The molecular formula is C16H16N2O3. The number of carbonyl (C=O) groups excluding carboxylic acids is 1. The summed E-state index contributed by atoms with van der Waals surface area (Å²) in [6, 6.07) is 10.7. The van der Waals surface area contributed by atoms with E-state index in [1.165, 1.54) is 0 Å². The zero-order valence-electron chi connectivity index (χ0n) is 11.7. The van der Waals surface area contributed by atoms with Crippen LogP contribution in [0.2, 0.25) is 0 Å². The lowest BCUT2D eigenvalue weighted by atomic mass is 10.1. The molecule has 0 saturated carbocycles. The zero-order valence-corrected chi connectivity index (χ0v) is 11.7. The summed E-state index contributed by atoms with van der Waals surface area (Å²) in [5.74, 6) is 0.414. The van der Waals surface area contributed by atoms with Crippen molar-refractivity contribution in [2.45, 2.75) is 13.2 Å². The molecule has 0 unspecified atom stereocenters. The molecule has 1 heterocycles. The summed E-state index contributed by atoms with van der Waals surface area (Å²) < 4.78 is 10.4. The first-order valence-corrected chi connectivity index (χ1v) is 6.62. The Hall–Kier alpha value is -2.53. The third-order valence-corrected chi connectivity index (χ3v) is 3.47. The van der Waals surface area contributed by atoms with Crippen LogP contribution in [0.25, 0.3) is 0 Å². The van der Waals surface area contributed by atoms with Crippen molar-refractivity contribution in [2.75, 3.05) is 18.2 Å². The molecule has 2 aromatic carbocycles. The Balaban J connectivity index is 1.78. The minimum atomic E-state index is -0.172. The normalized spacial score (nSPS) is 12.8. The van der Waals surface area contributed by atoms with Crippen LogP contribution < -0.4 is 15.8 Å². The molecule has 0 aromatic heterocycles. The van der Waals surface area contributed by atoms with Crippen molar-refractivity contribution in [3.8, 4) is 5.75 Å². The van der Waals surface area contributed by atoms with Crippen molar-refractivity contribution in [2.24, 2.45) is 0 Å². The van der Waals surface area contributed by atoms with Crippen LogP contribution in [0, 0.1) is 0 Å². The van der Waals surface area contributed by atoms with Crippen LogP contribution in [0.1, 0.15) is 21.5 Å². The van der Waals surface area contributed by atoms with Crippen LogP contribution in [-0.2, 0) is 18.0 Å². The Bertz CT molecular complexity index is 698. The quantitative estimate of drug-likeness (QED) is 0.850. The van der Waals surface area contributed by atoms with Crippen molar-refractivity contribution in [3.05, 3.63) is 53.1 Å². The molecule has 0 fully saturated rings. The van der Waals surface area contributed by atoms with E-state index in [1.54, 1.807) is 31.4 Å².